The average molecular weight is 292 g/mol. The van der Waals surface area contributed by atoms with Gasteiger partial charge in [0.05, 0.1) is 13.2 Å². The fourth-order valence-electron chi connectivity index (χ4n) is 2.49. The number of carbonyl (C=O) groups is 1. The molecule has 5 heteroatoms. The molecule has 2 amide bonds. The van der Waals surface area contributed by atoms with Gasteiger partial charge >= 0.3 is 6.03 Å². The number of methoxy groups -OCH3 is 1. The van der Waals surface area contributed by atoms with Crippen LogP contribution in [-0.4, -0.2) is 50.9 Å². The molecule has 0 saturated carbocycles. The first-order valence-electron chi connectivity index (χ1n) is 7.49. The number of carbonyl (C=O) groups excluding carboxylic acids is 1. The van der Waals surface area contributed by atoms with Crippen LogP contribution in [0.15, 0.2) is 30.3 Å². The van der Waals surface area contributed by atoms with E-state index >= 15 is 0 Å². The van der Waals surface area contributed by atoms with Crippen LogP contribution < -0.4 is 10.1 Å². The lowest BCUT2D eigenvalue weighted by Crippen LogP contribution is -2.47. The largest absolute Gasteiger partial charge is 0.493 e. The summed E-state index contributed by atoms with van der Waals surface area (Å²) in [5, 5.41) is 2.87. The number of nitrogens with zero attached hydrogens (tertiary/aromatic N) is 1. The van der Waals surface area contributed by atoms with E-state index in [4.69, 9.17) is 9.47 Å². The number of nitrogens with one attached hydrogen (secondary N) is 1. The third-order valence-corrected chi connectivity index (χ3v) is 3.62. The molecule has 0 bridgehead atoms. The van der Waals surface area contributed by atoms with Gasteiger partial charge in [-0.15, -0.1) is 0 Å². The number of rotatable bonds is 6. The highest BCUT2D eigenvalue weighted by molar-refractivity contribution is 5.74. The number of urea groups is 1. The van der Waals surface area contributed by atoms with Crippen molar-refractivity contribution in [3.63, 3.8) is 0 Å². The van der Waals surface area contributed by atoms with Crippen LogP contribution >= 0.6 is 0 Å². The normalized spacial score (nSPS) is 18.3. The third-order valence-electron chi connectivity index (χ3n) is 3.62. The van der Waals surface area contributed by atoms with Crippen LogP contribution in [0.5, 0.6) is 5.75 Å². The van der Waals surface area contributed by atoms with Crippen molar-refractivity contribution in [3.8, 4) is 5.75 Å². The van der Waals surface area contributed by atoms with Crippen molar-refractivity contribution in [3.05, 3.63) is 30.3 Å². The van der Waals surface area contributed by atoms with Gasteiger partial charge in [0.15, 0.2) is 0 Å². The molecule has 1 aromatic carbocycles. The van der Waals surface area contributed by atoms with E-state index in [1.165, 1.54) is 0 Å². The highest BCUT2D eigenvalue weighted by atomic mass is 16.5. The minimum absolute atomic E-state index is 0.00328. The van der Waals surface area contributed by atoms with Crippen LogP contribution in [0, 0.1) is 5.92 Å². The van der Waals surface area contributed by atoms with Gasteiger partial charge in [-0.05, 0) is 25.0 Å². The Kier molecular flexibility index (Phi) is 6.34. The fourth-order valence-corrected chi connectivity index (χ4v) is 2.49. The van der Waals surface area contributed by atoms with E-state index in [0.717, 1.165) is 31.7 Å². The first-order chi connectivity index (χ1) is 10.3. The molecule has 1 aromatic rings. The van der Waals surface area contributed by atoms with Crippen LogP contribution in [0.3, 0.4) is 0 Å². The predicted octanol–water partition coefficient (Wildman–Crippen LogP) is 2.13. The molecular formula is C16H24N2O3. The first kappa shape index (κ1) is 15.6. The van der Waals surface area contributed by atoms with Crippen molar-refractivity contribution in [2.45, 2.75) is 12.8 Å². The monoisotopic (exact) mass is 292 g/mol. The summed E-state index contributed by atoms with van der Waals surface area (Å²) in [7, 11) is 1.63. The van der Waals surface area contributed by atoms with Crippen molar-refractivity contribution in [1.29, 1.82) is 0 Å². The molecule has 1 fully saturated rings. The predicted molar refractivity (Wildman–Crippen MR) is 81.5 cm³/mol. The summed E-state index contributed by atoms with van der Waals surface area (Å²) in [5.74, 6) is 1.28. The highest BCUT2D eigenvalue weighted by Gasteiger charge is 2.23. The summed E-state index contributed by atoms with van der Waals surface area (Å²) >= 11 is 0. The Bertz CT molecular complexity index is 425. The molecule has 1 N–H and O–H groups in total. The van der Waals surface area contributed by atoms with E-state index < -0.39 is 0 Å². The van der Waals surface area contributed by atoms with Crippen LogP contribution in [0.2, 0.25) is 0 Å². The lowest BCUT2D eigenvalue weighted by Gasteiger charge is -2.32. The second kappa shape index (κ2) is 8.52. The van der Waals surface area contributed by atoms with Gasteiger partial charge in [-0.25, -0.2) is 4.79 Å². The highest BCUT2D eigenvalue weighted by Crippen LogP contribution is 2.18. The van der Waals surface area contributed by atoms with E-state index in [-0.39, 0.29) is 6.03 Å². The molecule has 0 aromatic heterocycles. The van der Waals surface area contributed by atoms with Crippen molar-refractivity contribution in [1.82, 2.24) is 10.2 Å². The van der Waals surface area contributed by atoms with Crippen LogP contribution in [0.4, 0.5) is 4.79 Å². The summed E-state index contributed by atoms with van der Waals surface area (Å²) in [5.41, 5.74) is 0. The van der Waals surface area contributed by atoms with Gasteiger partial charge in [0.1, 0.15) is 5.75 Å². The van der Waals surface area contributed by atoms with Crippen LogP contribution in [0.1, 0.15) is 12.8 Å². The SMILES string of the molecule is COCCNC(=O)N1CCCC(COc2ccccc2)C1. The number of benzene rings is 1. The first-order valence-corrected chi connectivity index (χ1v) is 7.49. The van der Waals surface area contributed by atoms with Crippen molar-refractivity contribution in [2.24, 2.45) is 5.92 Å². The molecule has 1 aliphatic rings. The summed E-state index contributed by atoms with van der Waals surface area (Å²) in [6, 6.07) is 9.81. The Hall–Kier alpha value is -1.75. The topological polar surface area (TPSA) is 50.8 Å². The molecule has 0 aliphatic carbocycles. The smallest absolute Gasteiger partial charge is 0.317 e. The molecule has 21 heavy (non-hydrogen) atoms. The molecular weight excluding hydrogens is 268 g/mol. The number of piperidine rings is 1. The number of hydrogen-bond acceptors (Lipinski definition) is 3. The molecule has 2 rings (SSSR count). The maximum absolute atomic E-state index is 12.0. The van der Waals surface area contributed by atoms with Gasteiger partial charge in [0, 0.05) is 32.7 Å². The van der Waals surface area contributed by atoms with Crippen LogP contribution in [0.25, 0.3) is 0 Å². The Morgan fingerprint density at radius 2 is 2.19 bits per heavy atom. The lowest BCUT2D eigenvalue weighted by molar-refractivity contribution is 0.134. The van der Waals surface area contributed by atoms with Gasteiger partial charge in [-0.3, -0.25) is 0 Å². The summed E-state index contributed by atoms with van der Waals surface area (Å²) in [4.78, 5) is 13.9. The minimum Gasteiger partial charge on any atom is -0.493 e. The summed E-state index contributed by atoms with van der Waals surface area (Å²) in [6.07, 6.45) is 2.13. The second-order valence-electron chi connectivity index (χ2n) is 5.30. The average Bonchev–Trinajstić information content (AvgIpc) is 2.54. The zero-order valence-corrected chi connectivity index (χ0v) is 12.6. The van der Waals surface area contributed by atoms with Gasteiger partial charge < -0.3 is 19.7 Å². The van der Waals surface area contributed by atoms with Crippen molar-refractivity contribution >= 4 is 6.03 Å². The molecule has 1 aliphatic heterocycles. The standard InChI is InChI=1S/C16H24N2O3/c1-20-11-9-17-16(19)18-10-5-6-14(12-18)13-21-15-7-3-2-4-8-15/h2-4,7-8,14H,5-6,9-13H2,1H3,(H,17,19). The van der Waals surface area contributed by atoms with Crippen molar-refractivity contribution < 1.29 is 14.3 Å². The Morgan fingerprint density at radius 1 is 1.38 bits per heavy atom. The maximum Gasteiger partial charge on any atom is 0.317 e. The fraction of sp³-hybridized carbons (Fsp3) is 0.562. The van der Waals surface area contributed by atoms with Crippen molar-refractivity contribution in [2.75, 3.05) is 40.0 Å². The molecule has 0 spiro atoms. The number of amides is 2. The molecule has 1 heterocycles. The van der Waals surface area contributed by atoms with Crippen LogP contribution in [-0.2, 0) is 4.74 Å². The molecule has 116 valence electrons. The van der Waals surface area contributed by atoms with Gasteiger partial charge in [-0.1, -0.05) is 18.2 Å². The summed E-state index contributed by atoms with van der Waals surface area (Å²) in [6.45, 7) is 3.33. The Labute approximate surface area is 126 Å². The van der Waals surface area contributed by atoms with E-state index in [1.54, 1.807) is 7.11 Å². The molecule has 0 radical (unpaired) electrons. The quantitative estimate of drug-likeness (QED) is 0.817. The number of hydrogen-bond donors (Lipinski definition) is 1. The maximum atomic E-state index is 12.0. The number of para-hydroxylation sites is 1. The Morgan fingerprint density at radius 3 is 2.95 bits per heavy atom. The third kappa shape index (κ3) is 5.27. The molecule has 1 saturated heterocycles. The Balaban J connectivity index is 1.74. The minimum atomic E-state index is -0.00328. The lowest BCUT2D eigenvalue weighted by atomic mass is 9.99. The second-order valence-corrected chi connectivity index (χ2v) is 5.30. The number of likely N-dealkylation sites (tertiary alicyclic amines) is 1. The van der Waals surface area contributed by atoms with Gasteiger partial charge in [0.25, 0.3) is 0 Å². The zero-order chi connectivity index (χ0) is 14.9. The number of ether oxygens (including phenoxy) is 2. The molecule has 1 unspecified atom stereocenters. The molecule has 1 atom stereocenters. The zero-order valence-electron chi connectivity index (χ0n) is 12.6. The summed E-state index contributed by atoms with van der Waals surface area (Å²) < 4.78 is 10.7. The van der Waals surface area contributed by atoms with Gasteiger partial charge in [-0.2, -0.15) is 0 Å². The molecule has 5 nitrogen and oxygen atoms in total. The van der Waals surface area contributed by atoms with E-state index in [1.807, 2.05) is 35.2 Å². The van der Waals surface area contributed by atoms with Gasteiger partial charge in [0.2, 0.25) is 0 Å². The van der Waals surface area contributed by atoms with E-state index in [9.17, 15) is 4.79 Å². The van der Waals surface area contributed by atoms with E-state index in [2.05, 4.69) is 5.32 Å². The van der Waals surface area contributed by atoms with E-state index in [0.29, 0.717) is 25.7 Å².